The lowest BCUT2D eigenvalue weighted by Gasteiger charge is -2.30. The summed E-state index contributed by atoms with van der Waals surface area (Å²) in [6, 6.07) is 3.50. The smallest absolute Gasteiger partial charge is 0.272 e. The maximum Gasteiger partial charge on any atom is 0.272 e. The Morgan fingerprint density at radius 1 is 1.27 bits per heavy atom. The van der Waals surface area contributed by atoms with Gasteiger partial charge in [-0.2, -0.15) is 0 Å². The minimum Gasteiger partial charge on any atom is -0.383 e. The summed E-state index contributed by atoms with van der Waals surface area (Å²) in [4.78, 5) is 20.0. The molecule has 1 N–H and O–H groups in total. The quantitative estimate of drug-likeness (QED) is 0.805. The number of hydrogen-bond acceptors (Lipinski definition) is 4. The van der Waals surface area contributed by atoms with Crippen LogP contribution in [0.5, 0.6) is 0 Å². The van der Waals surface area contributed by atoms with Crippen LogP contribution in [0.3, 0.4) is 0 Å². The molecular weight excluding hydrogens is 390 g/mol. The second-order valence-electron chi connectivity index (χ2n) is 8.95. The van der Waals surface area contributed by atoms with E-state index < -0.39 is 11.6 Å². The van der Waals surface area contributed by atoms with Crippen molar-refractivity contribution in [3.8, 4) is 11.4 Å². The van der Waals surface area contributed by atoms with E-state index in [2.05, 4.69) is 15.2 Å². The van der Waals surface area contributed by atoms with E-state index in [1.165, 1.54) is 6.07 Å². The molecule has 0 bridgehead atoms. The van der Waals surface area contributed by atoms with Crippen LogP contribution in [0, 0.1) is 17.0 Å². The Bertz CT molecular complexity index is 921. The number of halogens is 2. The van der Waals surface area contributed by atoms with E-state index in [9.17, 15) is 13.6 Å². The third-order valence-electron chi connectivity index (χ3n) is 5.49. The van der Waals surface area contributed by atoms with E-state index in [4.69, 9.17) is 4.74 Å². The van der Waals surface area contributed by atoms with Gasteiger partial charge in [0, 0.05) is 25.8 Å². The van der Waals surface area contributed by atoms with Crippen molar-refractivity contribution in [1.29, 1.82) is 0 Å². The first kappa shape index (κ1) is 22.4. The number of nitrogens with zero attached hydrogens (tertiary/aromatic N) is 3. The third kappa shape index (κ3) is 4.70. The fourth-order valence-electron chi connectivity index (χ4n) is 3.66. The molecule has 8 heteroatoms. The van der Waals surface area contributed by atoms with Crippen molar-refractivity contribution in [1.82, 2.24) is 19.8 Å². The van der Waals surface area contributed by atoms with E-state index >= 15 is 0 Å². The van der Waals surface area contributed by atoms with Crippen LogP contribution >= 0.6 is 0 Å². The number of methoxy groups -OCH3 is 1. The zero-order valence-corrected chi connectivity index (χ0v) is 18.3. The van der Waals surface area contributed by atoms with Crippen LogP contribution in [0.1, 0.15) is 43.4 Å². The maximum atomic E-state index is 13.9. The van der Waals surface area contributed by atoms with Gasteiger partial charge in [0.1, 0.15) is 5.82 Å². The molecule has 0 spiro atoms. The number of nitrogens with one attached hydrogen (secondary N) is 1. The Morgan fingerprint density at radius 2 is 2.00 bits per heavy atom. The van der Waals surface area contributed by atoms with E-state index in [0.717, 1.165) is 30.8 Å². The molecule has 1 aromatic heterocycles. The van der Waals surface area contributed by atoms with Gasteiger partial charge in [-0.25, -0.2) is 13.8 Å². The molecular formula is C22H30F2N4O2. The standard InChI is InChI=1S/C22H30F2N4O2/c1-22(2,3)18(13-30-5)25-21(29)19-17-12-27(4)9-6-10-28(17)20(26-19)14-7-8-15(23)16(24)11-14/h7-8,11,18H,6,9-10,12-13H2,1-5H3,(H,25,29)/t18-/m1/s1. The number of ether oxygens (including phenoxy) is 1. The van der Waals surface area contributed by atoms with Crippen molar-refractivity contribution >= 4 is 5.91 Å². The zero-order chi connectivity index (χ0) is 22.1. The van der Waals surface area contributed by atoms with E-state index in [-0.39, 0.29) is 17.4 Å². The fourth-order valence-corrected chi connectivity index (χ4v) is 3.66. The van der Waals surface area contributed by atoms with Crippen LogP contribution in [0.4, 0.5) is 8.78 Å². The van der Waals surface area contributed by atoms with Crippen molar-refractivity contribution in [2.24, 2.45) is 5.41 Å². The number of carbonyl (C=O) groups excluding carboxylic acids is 1. The molecule has 0 aliphatic carbocycles. The first-order chi connectivity index (χ1) is 14.1. The predicted octanol–water partition coefficient (Wildman–Crippen LogP) is 3.45. The molecule has 2 heterocycles. The minimum atomic E-state index is -0.936. The number of rotatable bonds is 5. The van der Waals surface area contributed by atoms with Crippen molar-refractivity contribution in [3.05, 3.63) is 41.2 Å². The highest BCUT2D eigenvalue weighted by Gasteiger charge is 2.31. The van der Waals surface area contributed by atoms with Gasteiger partial charge in [0.15, 0.2) is 17.3 Å². The van der Waals surface area contributed by atoms with Gasteiger partial charge in [-0.3, -0.25) is 4.79 Å². The Labute approximate surface area is 176 Å². The second-order valence-corrected chi connectivity index (χ2v) is 8.95. The Hall–Kier alpha value is -2.32. The number of imidazole rings is 1. The normalized spacial score (nSPS) is 16.1. The monoisotopic (exact) mass is 420 g/mol. The van der Waals surface area contributed by atoms with E-state index in [1.54, 1.807) is 7.11 Å². The molecule has 3 rings (SSSR count). The van der Waals surface area contributed by atoms with Gasteiger partial charge >= 0.3 is 0 Å². The lowest BCUT2D eigenvalue weighted by molar-refractivity contribution is 0.0781. The molecule has 0 saturated heterocycles. The molecule has 30 heavy (non-hydrogen) atoms. The van der Waals surface area contributed by atoms with Crippen molar-refractivity contribution < 1.29 is 18.3 Å². The average Bonchev–Trinajstić information content (AvgIpc) is 2.89. The maximum absolute atomic E-state index is 13.9. The number of carbonyl (C=O) groups is 1. The molecule has 0 unspecified atom stereocenters. The van der Waals surface area contributed by atoms with Crippen LogP contribution in [0.25, 0.3) is 11.4 Å². The number of hydrogen-bond donors (Lipinski definition) is 1. The molecule has 164 valence electrons. The van der Waals surface area contributed by atoms with Crippen LogP contribution in [0.2, 0.25) is 0 Å². The number of aromatic nitrogens is 2. The number of amides is 1. The van der Waals surface area contributed by atoms with Gasteiger partial charge in [-0.1, -0.05) is 20.8 Å². The number of benzene rings is 1. The minimum absolute atomic E-state index is 0.206. The highest BCUT2D eigenvalue weighted by atomic mass is 19.2. The summed E-state index contributed by atoms with van der Waals surface area (Å²) >= 11 is 0. The van der Waals surface area contributed by atoms with Crippen LogP contribution in [-0.2, 0) is 17.8 Å². The molecule has 1 aromatic carbocycles. The SMILES string of the molecule is COC[C@@H](NC(=O)c1nc(-c2ccc(F)c(F)c2)n2c1CN(C)CCC2)C(C)(C)C. The summed E-state index contributed by atoms with van der Waals surface area (Å²) in [7, 11) is 3.59. The first-order valence-corrected chi connectivity index (χ1v) is 10.1. The Morgan fingerprint density at radius 3 is 2.63 bits per heavy atom. The van der Waals surface area contributed by atoms with E-state index in [0.29, 0.717) is 36.8 Å². The Balaban J connectivity index is 2.04. The van der Waals surface area contributed by atoms with Crippen LogP contribution in [-0.4, -0.2) is 53.7 Å². The topological polar surface area (TPSA) is 59.4 Å². The molecule has 0 fully saturated rings. The lowest BCUT2D eigenvalue weighted by atomic mass is 9.87. The fraction of sp³-hybridized carbons (Fsp3) is 0.545. The van der Waals surface area contributed by atoms with Gasteiger partial charge in [0.2, 0.25) is 0 Å². The summed E-state index contributed by atoms with van der Waals surface area (Å²) in [6.07, 6.45) is 0.867. The first-order valence-electron chi connectivity index (χ1n) is 10.1. The van der Waals surface area contributed by atoms with Crippen molar-refractivity contribution in [2.45, 2.75) is 46.3 Å². The molecule has 1 aliphatic rings. The van der Waals surface area contributed by atoms with Gasteiger partial charge in [0.25, 0.3) is 5.91 Å². The molecule has 1 atom stereocenters. The molecule has 1 aliphatic heterocycles. The van der Waals surface area contributed by atoms with Gasteiger partial charge in [-0.05, 0) is 43.6 Å². The third-order valence-corrected chi connectivity index (χ3v) is 5.49. The summed E-state index contributed by atoms with van der Waals surface area (Å²) in [5.41, 5.74) is 1.33. The van der Waals surface area contributed by atoms with Gasteiger partial charge in [-0.15, -0.1) is 0 Å². The molecule has 0 radical (unpaired) electrons. The number of fused-ring (bicyclic) bond motifs is 1. The van der Waals surface area contributed by atoms with Gasteiger partial charge < -0.3 is 19.5 Å². The molecule has 0 saturated carbocycles. The highest BCUT2D eigenvalue weighted by Crippen LogP contribution is 2.28. The van der Waals surface area contributed by atoms with E-state index in [1.807, 2.05) is 32.4 Å². The second kappa shape index (κ2) is 8.81. The zero-order valence-electron chi connectivity index (χ0n) is 18.3. The van der Waals surface area contributed by atoms with Gasteiger partial charge in [0.05, 0.1) is 18.3 Å². The van der Waals surface area contributed by atoms with Crippen LogP contribution in [0.15, 0.2) is 18.2 Å². The Kier molecular flexibility index (Phi) is 6.57. The van der Waals surface area contributed by atoms with Crippen molar-refractivity contribution in [2.75, 3.05) is 27.3 Å². The summed E-state index contributed by atoms with van der Waals surface area (Å²) in [5.74, 6) is -1.66. The molecule has 6 nitrogen and oxygen atoms in total. The molecule has 1 amide bonds. The summed E-state index contributed by atoms with van der Waals surface area (Å²) in [6.45, 7) is 8.54. The highest BCUT2D eigenvalue weighted by molar-refractivity contribution is 5.94. The van der Waals surface area contributed by atoms with Crippen molar-refractivity contribution in [3.63, 3.8) is 0 Å². The summed E-state index contributed by atoms with van der Waals surface area (Å²) < 4.78 is 34.6. The lowest BCUT2D eigenvalue weighted by Crippen LogP contribution is -2.47. The largest absolute Gasteiger partial charge is 0.383 e. The average molecular weight is 421 g/mol. The van der Waals surface area contributed by atoms with Crippen LogP contribution < -0.4 is 5.32 Å². The summed E-state index contributed by atoms with van der Waals surface area (Å²) in [5, 5.41) is 3.05. The molecule has 2 aromatic rings. The predicted molar refractivity (Wildman–Crippen MR) is 111 cm³/mol.